The van der Waals surface area contributed by atoms with Gasteiger partial charge in [-0.2, -0.15) is 0 Å². The first kappa shape index (κ1) is 13.1. The van der Waals surface area contributed by atoms with Crippen LogP contribution in [0.1, 0.15) is 12.6 Å². The summed E-state index contributed by atoms with van der Waals surface area (Å²) >= 11 is 6.88. The van der Waals surface area contributed by atoms with Crippen LogP contribution in [0.3, 0.4) is 0 Å². The molecule has 1 aromatic rings. The molecular formula is C10H15Br2N3. The number of pyridine rings is 1. The molecule has 2 N–H and O–H groups in total. The van der Waals surface area contributed by atoms with Crippen LogP contribution in [0.4, 0.5) is 0 Å². The van der Waals surface area contributed by atoms with Crippen LogP contribution in [0.15, 0.2) is 21.2 Å². The highest BCUT2D eigenvalue weighted by Gasteiger charge is 2.10. The molecule has 0 unspecified atom stereocenters. The van der Waals surface area contributed by atoms with Crippen LogP contribution in [-0.2, 0) is 6.54 Å². The quantitative estimate of drug-likeness (QED) is 0.918. The Morgan fingerprint density at radius 3 is 2.73 bits per heavy atom. The molecular weight excluding hydrogens is 322 g/mol. The molecule has 0 aliphatic carbocycles. The zero-order valence-electron chi connectivity index (χ0n) is 8.87. The Balaban J connectivity index is 2.72. The van der Waals surface area contributed by atoms with Crippen molar-refractivity contribution < 1.29 is 0 Å². The van der Waals surface area contributed by atoms with E-state index in [2.05, 4.69) is 48.7 Å². The number of nitrogens with two attached hydrogens (primary N) is 1. The van der Waals surface area contributed by atoms with Crippen molar-refractivity contribution in [1.82, 2.24) is 9.88 Å². The summed E-state index contributed by atoms with van der Waals surface area (Å²) < 4.78 is 2.00. The fourth-order valence-electron chi connectivity index (χ4n) is 1.13. The second kappa shape index (κ2) is 5.94. The largest absolute Gasteiger partial charge is 0.329 e. The third-order valence-corrected chi connectivity index (χ3v) is 3.50. The Labute approximate surface area is 107 Å². The molecule has 3 nitrogen and oxygen atoms in total. The van der Waals surface area contributed by atoms with Crippen LogP contribution in [0, 0.1) is 0 Å². The normalized spacial score (nSPS) is 13.2. The number of hydrogen-bond acceptors (Lipinski definition) is 3. The third kappa shape index (κ3) is 3.83. The third-order valence-electron chi connectivity index (χ3n) is 2.38. The molecule has 0 saturated heterocycles. The van der Waals surface area contributed by atoms with E-state index in [0.717, 1.165) is 21.2 Å². The van der Waals surface area contributed by atoms with E-state index in [4.69, 9.17) is 5.73 Å². The van der Waals surface area contributed by atoms with Gasteiger partial charge in [0, 0.05) is 34.3 Å². The topological polar surface area (TPSA) is 42.1 Å². The second-order valence-electron chi connectivity index (χ2n) is 3.58. The molecule has 0 aromatic carbocycles. The lowest BCUT2D eigenvalue weighted by Crippen LogP contribution is -2.35. The molecule has 1 aromatic heterocycles. The summed E-state index contributed by atoms with van der Waals surface area (Å²) in [6.45, 7) is 3.56. The fourth-order valence-corrected chi connectivity index (χ4v) is 2.24. The molecule has 1 rings (SSSR count). The van der Waals surface area contributed by atoms with Crippen molar-refractivity contribution in [2.24, 2.45) is 5.73 Å². The van der Waals surface area contributed by atoms with Crippen LogP contribution < -0.4 is 5.73 Å². The van der Waals surface area contributed by atoms with Gasteiger partial charge in [0.1, 0.15) is 0 Å². The zero-order chi connectivity index (χ0) is 11.4. The van der Waals surface area contributed by atoms with E-state index in [9.17, 15) is 0 Å². The second-order valence-corrected chi connectivity index (χ2v) is 5.35. The predicted octanol–water partition coefficient (Wildman–Crippen LogP) is 2.39. The monoisotopic (exact) mass is 335 g/mol. The van der Waals surface area contributed by atoms with E-state index in [1.807, 2.05) is 13.1 Å². The molecule has 84 valence electrons. The minimum absolute atomic E-state index is 0.363. The lowest BCUT2D eigenvalue weighted by atomic mass is 10.2. The van der Waals surface area contributed by atoms with Crippen molar-refractivity contribution >= 4 is 31.9 Å². The Bertz CT molecular complexity index is 330. The average molecular weight is 337 g/mol. The maximum Gasteiger partial charge on any atom is 0.0686 e. The predicted molar refractivity (Wildman–Crippen MR) is 69.6 cm³/mol. The number of nitrogens with zero attached hydrogens (tertiary/aromatic N) is 2. The summed E-state index contributed by atoms with van der Waals surface area (Å²) in [7, 11) is 2.05. The number of likely N-dealkylation sites (N-methyl/N-ethyl adjacent to an activating group) is 1. The summed E-state index contributed by atoms with van der Waals surface area (Å²) in [5.41, 5.74) is 6.64. The molecule has 5 heteroatoms. The van der Waals surface area contributed by atoms with Crippen molar-refractivity contribution in [3.8, 4) is 0 Å². The van der Waals surface area contributed by atoms with Crippen molar-refractivity contribution in [3.63, 3.8) is 0 Å². The summed E-state index contributed by atoms with van der Waals surface area (Å²) in [6.07, 6.45) is 1.81. The van der Waals surface area contributed by atoms with E-state index in [1.165, 1.54) is 0 Å². The molecule has 0 bridgehead atoms. The number of halogens is 2. The minimum Gasteiger partial charge on any atom is -0.329 e. The molecule has 0 amide bonds. The van der Waals surface area contributed by atoms with Gasteiger partial charge in [-0.15, -0.1) is 0 Å². The summed E-state index contributed by atoms with van der Waals surface area (Å²) in [4.78, 5) is 6.54. The first-order valence-corrected chi connectivity index (χ1v) is 6.33. The maximum absolute atomic E-state index is 5.61. The Morgan fingerprint density at radius 2 is 2.20 bits per heavy atom. The van der Waals surface area contributed by atoms with Gasteiger partial charge < -0.3 is 5.73 Å². The smallest absolute Gasteiger partial charge is 0.0686 e. The van der Waals surface area contributed by atoms with Gasteiger partial charge in [0.15, 0.2) is 0 Å². The Morgan fingerprint density at radius 1 is 1.53 bits per heavy atom. The molecule has 0 spiro atoms. The average Bonchev–Trinajstić information content (AvgIpc) is 2.20. The SMILES string of the molecule is C[C@H](CN)N(C)Cc1ncc(Br)cc1Br. The molecule has 0 fully saturated rings. The lowest BCUT2D eigenvalue weighted by Gasteiger charge is -2.23. The fraction of sp³-hybridized carbons (Fsp3) is 0.500. The van der Waals surface area contributed by atoms with Gasteiger partial charge in [0.25, 0.3) is 0 Å². The highest BCUT2D eigenvalue weighted by atomic mass is 79.9. The van der Waals surface area contributed by atoms with Gasteiger partial charge >= 0.3 is 0 Å². The number of hydrogen-bond donors (Lipinski definition) is 1. The van der Waals surface area contributed by atoms with Crippen LogP contribution in [0.25, 0.3) is 0 Å². The molecule has 1 atom stereocenters. The van der Waals surface area contributed by atoms with E-state index >= 15 is 0 Å². The molecule has 0 saturated carbocycles. The summed E-state index contributed by atoms with van der Waals surface area (Å²) in [5, 5.41) is 0. The van der Waals surface area contributed by atoms with Gasteiger partial charge in [-0.05, 0) is 51.9 Å². The number of rotatable bonds is 4. The van der Waals surface area contributed by atoms with Gasteiger partial charge in [-0.1, -0.05) is 0 Å². The summed E-state index contributed by atoms with van der Waals surface area (Å²) in [5.74, 6) is 0. The molecule has 0 aliphatic rings. The van der Waals surface area contributed by atoms with E-state index in [0.29, 0.717) is 12.6 Å². The van der Waals surface area contributed by atoms with E-state index in [-0.39, 0.29) is 0 Å². The molecule has 0 aliphatic heterocycles. The van der Waals surface area contributed by atoms with Gasteiger partial charge in [0.05, 0.1) is 5.69 Å². The van der Waals surface area contributed by atoms with Crippen LogP contribution in [0.5, 0.6) is 0 Å². The Kier molecular flexibility index (Phi) is 5.18. The number of aromatic nitrogens is 1. The van der Waals surface area contributed by atoms with Gasteiger partial charge in [-0.3, -0.25) is 9.88 Å². The first-order chi connectivity index (χ1) is 7.04. The van der Waals surface area contributed by atoms with Crippen molar-refractivity contribution in [3.05, 3.63) is 26.9 Å². The van der Waals surface area contributed by atoms with E-state index in [1.54, 1.807) is 6.20 Å². The standard InChI is InChI=1S/C10H15Br2N3/c1-7(4-13)15(2)6-10-9(12)3-8(11)5-14-10/h3,5,7H,4,6,13H2,1-2H3/t7-/m1/s1. The van der Waals surface area contributed by atoms with Crippen LogP contribution in [0.2, 0.25) is 0 Å². The molecule has 0 radical (unpaired) electrons. The summed E-state index contributed by atoms with van der Waals surface area (Å²) in [6, 6.07) is 2.37. The van der Waals surface area contributed by atoms with E-state index < -0.39 is 0 Å². The van der Waals surface area contributed by atoms with Crippen molar-refractivity contribution in [2.75, 3.05) is 13.6 Å². The maximum atomic E-state index is 5.61. The molecule has 15 heavy (non-hydrogen) atoms. The zero-order valence-corrected chi connectivity index (χ0v) is 12.0. The highest BCUT2D eigenvalue weighted by molar-refractivity contribution is 9.11. The minimum atomic E-state index is 0.363. The lowest BCUT2D eigenvalue weighted by molar-refractivity contribution is 0.251. The molecule has 1 heterocycles. The van der Waals surface area contributed by atoms with Crippen molar-refractivity contribution in [1.29, 1.82) is 0 Å². The van der Waals surface area contributed by atoms with Gasteiger partial charge in [-0.25, -0.2) is 0 Å². The highest BCUT2D eigenvalue weighted by Crippen LogP contribution is 2.20. The van der Waals surface area contributed by atoms with Crippen LogP contribution in [-0.4, -0.2) is 29.5 Å². The first-order valence-electron chi connectivity index (χ1n) is 4.74. The van der Waals surface area contributed by atoms with Gasteiger partial charge in [0.2, 0.25) is 0 Å². The van der Waals surface area contributed by atoms with Crippen LogP contribution >= 0.6 is 31.9 Å². The Hall–Kier alpha value is 0.0300. The van der Waals surface area contributed by atoms with Crippen molar-refractivity contribution in [2.45, 2.75) is 19.5 Å².